The lowest BCUT2D eigenvalue weighted by molar-refractivity contribution is 0.509. The molecule has 16 heavy (non-hydrogen) atoms. The molecule has 0 aliphatic heterocycles. The number of hydrogen-bond acceptors (Lipinski definition) is 4. The Bertz CT molecular complexity index is 261. The second-order valence-corrected chi connectivity index (χ2v) is 5.53. The summed E-state index contributed by atoms with van der Waals surface area (Å²) in [4.78, 5) is 0. The third kappa shape index (κ3) is 6.12. The van der Waals surface area contributed by atoms with Crippen molar-refractivity contribution >= 4 is 11.8 Å². The van der Waals surface area contributed by atoms with Crippen molar-refractivity contribution in [3.63, 3.8) is 0 Å². The molecule has 1 aromatic rings. The number of nitrogens with zero attached hydrogens (tertiary/aromatic N) is 3. The first-order chi connectivity index (χ1) is 7.68. The predicted octanol–water partition coefficient (Wildman–Crippen LogP) is 1.65. The lowest BCUT2D eigenvalue weighted by Gasteiger charge is -2.14. The average Bonchev–Trinajstić information content (AvgIpc) is 2.70. The van der Waals surface area contributed by atoms with E-state index in [0.717, 1.165) is 19.0 Å². The molecule has 0 aromatic carbocycles. The summed E-state index contributed by atoms with van der Waals surface area (Å²) in [7, 11) is 0. The van der Waals surface area contributed by atoms with Gasteiger partial charge in [-0.2, -0.15) is 11.8 Å². The fourth-order valence-electron chi connectivity index (χ4n) is 1.32. The van der Waals surface area contributed by atoms with Gasteiger partial charge in [0.25, 0.3) is 0 Å². The highest BCUT2D eigenvalue weighted by Gasteiger charge is 2.02. The van der Waals surface area contributed by atoms with Gasteiger partial charge in [0.1, 0.15) is 0 Å². The smallest absolute Gasteiger partial charge is 0.0692 e. The van der Waals surface area contributed by atoms with Crippen molar-refractivity contribution < 1.29 is 0 Å². The summed E-state index contributed by atoms with van der Waals surface area (Å²) in [5.41, 5.74) is 0. The first kappa shape index (κ1) is 13.5. The minimum Gasteiger partial charge on any atom is -0.312 e. The van der Waals surface area contributed by atoms with Gasteiger partial charge in [-0.05, 0) is 18.6 Å². The highest BCUT2D eigenvalue weighted by molar-refractivity contribution is 7.99. The van der Waals surface area contributed by atoms with E-state index in [1.807, 2.05) is 22.6 Å². The Morgan fingerprint density at radius 3 is 2.75 bits per heavy atom. The highest BCUT2D eigenvalue weighted by Crippen LogP contribution is 2.08. The van der Waals surface area contributed by atoms with Gasteiger partial charge < -0.3 is 5.32 Å². The van der Waals surface area contributed by atoms with E-state index >= 15 is 0 Å². The van der Waals surface area contributed by atoms with E-state index in [1.165, 1.54) is 11.5 Å². The summed E-state index contributed by atoms with van der Waals surface area (Å²) in [6.07, 6.45) is 3.60. The molecule has 0 radical (unpaired) electrons. The third-order valence-electron chi connectivity index (χ3n) is 2.12. The molecule has 92 valence electrons. The molecule has 0 amide bonds. The van der Waals surface area contributed by atoms with E-state index in [9.17, 15) is 0 Å². The lowest BCUT2D eigenvalue weighted by Crippen LogP contribution is -2.31. The minimum absolute atomic E-state index is 0.562. The SMILES string of the molecule is CC(C)CSCC(C)NCCn1ccnn1. The Morgan fingerprint density at radius 2 is 2.12 bits per heavy atom. The molecule has 0 bridgehead atoms. The fraction of sp³-hybridized carbons (Fsp3) is 0.818. The number of aromatic nitrogens is 3. The molecule has 0 spiro atoms. The maximum Gasteiger partial charge on any atom is 0.0692 e. The van der Waals surface area contributed by atoms with E-state index in [1.54, 1.807) is 6.20 Å². The Balaban J connectivity index is 2.00. The van der Waals surface area contributed by atoms with Gasteiger partial charge in [0.05, 0.1) is 12.7 Å². The van der Waals surface area contributed by atoms with Crippen LogP contribution in [0.3, 0.4) is 0 Å². The average molecular weight is 242 g/mol. The predicted molar refractivity (Wildman–Crippen MR) is 69.6 cm³/mol. The molecule has 0 aliphatic carbocycles. The van der Waals surface area contributed by atoms with Crippen LogP contribution in [0.2, 0.25) is 0 Å². The van der Waals surface area contributed by atoms with Crippen LogP contribution in [0.15, 0.2) is 12.4 Å². The molecule has 1 unspecified atom stereocenters. The molecule has 4 nitrogen and oxygen atoms in total. The van der Waals surface area contributed by atoms with Crippen LogP contribution in [-0.2, 0) is 6.54 Å². The van der Waals surface area contributed by atoms with Crippen LogP contribution in [0.5, 0.6) is 0 Å². The molecule has 1 rings (SSSR count). The van der Waals surface area contributed by atoms with E-state index in [4.69, 9.17) is 0 Å². The monoisotopic (exact) mass is 242 g/mol. The Labute approximate surface area is 102 Å². The van der Waals surface area contributed by atoms with Gasteiger partial charge in [-0.1, -0.05) is 19.1 Å². The van der Waals surface area contributed by atoms with Crippen molar-refractivity contribution in [1.29, 1.82) is 0 Å². The largest absolute Gasteiger partial charge is 0.312 e. The van der Waals surface area contributed by atoms with Crippen LogP contribution in [0.1, 0.15) is 20.8 Å². The van der Waals surface area contributed by atoms with Crippen molar-refractivity contribution in [1.82, 2.24) is 20.3 Å². The maximum absolute atomic E-state index is 3.92. The van der Waals surface area contributed by atoms with Crippen LogP contribution in [0.25, 0.3) is 0 Å². The van der Waals surface area contributed by atoms with Crippen LogP contribution < -0.4 is 5.32 Å². The van der Waals surface area contributed by atoms with Gasteiger partial charge >= 0.3 is 0 Å². The van der Waals surface area contributed by atoms with E-state index < -0.39 is 0 Å². The van der Waals surface area contributed by atoms with Gasteiger partial charge in [0.2, 0.25) is 0 Å². The summed E-state index contributed by atoms with van der Waals surface area (Å²) >= 11 is 2.02. The summed E-state index contributed by atoms with van der Waals surface area (Å²) in [5, 5.41) is 11.2. The van der Waals surface area contributed by atoms with Gasteiger partial charge in [-0.15, -0.1) is 5.10 Å². The minimum atomic E-state index is 0.562. The number of rotatable bonds is 8. The number of thioether (sulfide) groups is 1. The van der Waals surface area contributed by atoms with Gasteiger partial charge in [-0.3, -0.25) is 4.68 Å². The Hall–Kier alpha value is -0.550. The molecule has 0 saturated carbocycles. The fourth-order valence-corrected chi connectivity index (χ4v) is 2.40. The van der Waals surface area contributed by atoms with Crippen molar-refractivity contribution in [2.24, 2.45) is 5.92 Å². The molecule has 1 atom stereocenters. The van der Waals surface area contributed by atoms with Crippen LogP contribution in [0.4, 0.5) is 0 Å². The van der Waals surface area contributed by atoms with Crippen LogP contribution in [0, 0.1) is 5.92 Å². The van der Waals surface area contributed by atoms with Gasteiger partial charge in [-0.25, -0.2) is 0 Å². The molecule has 0 fully saturated rings. The third-order valence-corrected chi connectivity index (χ3v) is 3.76. The van der Waals surface area contributed by atoms with Crippen LogP contribution in [-0.4, -0.2) is 39.1 Å². The number of nitrogens with one attached hydrogen (secondary N) is 1. The first-order valence-corrected chi connectivity index (χ1v) is 6.99. The van der Waals surface area contributed by atoms with Crippen LogP contribution >= 0.6 is 11.8 Å². The van der Waals surface area contributed by atoms with Crippen molar-refractivity contribution in [2.45, 2.75) is 33.4 Å². The lowest BCUT2D eigenvalue weighted by atomic mass is 10.3. The first-order valence-electron chi connectivity index (χ1n) is 5.83. The molecule has 0 saturated heterocycles. The van der Waals surface area contributed by atoms with Gasteiger partial charge in [0, 0.05) is 24.5 Å². The second-order valence-electron chi connectivity index (χ2n) is 4.45. The quantitative estimate of drug-likeness (QED) is 0.752. The van der Waals surface area contributed by atoms with E-state index in [-0.39, 0.29) is 0 Å². The molecule has 5 heteroatoms. The van der Waals surface area contributed by atoms with E-state index in [2.05, 4.69) is 36.4 Å². The van der Waals surface area contributed by atoms with Crippen molar-refractivity contribution in [3.05, 3.63) is 12.4 Å². The zero-order valence-corrected chi connectivity index (χ0v) is 11.2. The molecular formula is C11H22N4S. The summed E-state index contributed by atoms with van der Waals surface area (Å²) in [6, 6.07) is 0.562. The van der Waals surface area contributed by atoms with E-state index in [0.29, 0.717) is 6.04 Å². The molecule has 1 aromatic heterocycles. The second kappa shape index (κ2) is 7.68. The Kier molecular flexibility index (Phi) is 6.49. The molecule has 0 aliphatic rings. The molecular weight excluding hydrogens is 220 g/mol. The highest BCUT2D eigenvalue weighted by atomic mass is 32.2. The zero-order valence-electron chi connectivity index (χ0n) is 10.4. The topological polar surface area (TPSA) is 42.7 Å². The van der Waals surface area contributed by atoms with Crippen molar-refractivity contribution in [3.8, 4) is 0 Å². The Morgan fingerprint density at radius 1 is 1.31 bits per heavy atom. The summed E-state index contributed by atoms with van der Waals surface area (Å²) in [6.45, 7) is 8.59. The molecule has 1 heterocycles. The maximum atomic E-state index is 3.92. The normalized spacial score (nSPS) is 13.2. The number of hydrogen-bond donors (Lipinski definition) is 1. The summed E-state index contributed by atoms with van der Waals surface area (Å²) < 4.78 is 1.85. The standard InChI is InChI=1S/C11H22N4S/c1-10(2)8-16-9-11(3)12-4-6-15-7-5-13-14-15/h5,7,10-12H,4,6,8-9H2,1-3H3. The van der Waals surface area contributed by atoms with Crippen molar-refractivity contribution in [2.75, 3.05) is 18.1 Å². The zero-order chi connectivity index (χ0) is 11.8. The van der Waals surface area contributed by atoms with Gasteiger partial charge in [0.15, 0.2) is 0 Å². The molecule has 1 N–H and O–H groups in total. The summed E-state index contributed by atoms with van der Waals surface area (Å²) in [5.74, 6) is 3.21.